The predicted octanol–water partition coefficient (Wildman–Crippen LogP) is 4.37. The minimum atomic E-state index is -0.592. The number of hydrogen-bond acceptors (Lipinski definition) is 2. The average molecular weight is 320 g/mol. The number of aryl methyl sites for hydroxylation is 1. The van der Waals surface area contributed by atoms with Crippen molar-refractivity contribution in [3.05, 3.63) is 28.8 Å². The molecular formula is C18H22ClNO2. The van der Waals surface area contributed by atoms with Crippen LogP contribution >= 0.6 is 11.6 Å². The van der Waals surface area contributed by atoms with Gasteiger partial charge in [0.25, 0.3) is 0 Å². The summed E-state index contributed by atoms with van der Waals surface area (Å²) in [6.45, 7) is 8.08. The van der Waals surface area contributed by atoms with Crippen LogP contribution in [-0.4, -0.2) is 11.7 Å². The Morgan fingerprint density at radius 2 is 1.91 bits per heavy atom. The Balaban J connectivity index is 1.94. The Kier molecular flexibility index (Phi) is 3.23. The van der Waals surface area contributed by atoms with Crippen molar-refractivity contribution in [1.29, 1.82) is 0 Å². The number of hydrogen-bond donors (Lipinski definition) is 1. The van der Waals surface area contributed by atoms with E-state index in [-0.39, 0.29) is 22.5 Å². The molecule has 3 nitrogen and oxygen atoms in total. The van der Waals surface area contributed by atoms with Gasteiger partial charge in [-0.1, -0.05) is 32.4 Å². The summed E-state index contributed by atoms with van der Waals surface area (Å²) < 4.78 is 0. The van der Waals surface area contributed by atoms with Gasteiger partial charge >= 0.3 is 0 Å². The Labute approximate surface area is 136 Å². The van der Waals surface area contributed by atoms with Crippen molar-refractivity contribution < 1.29 is 9.59 Å². The van der Waals surface area contributed by atoms with Gasteiger partial charge in [-0.05, 0) is 48.9 Å². The molecule has 2 bridgehead atoms. The van der Waals surface area contributed by atoms with Gasteiger partial charge in [0.05, 0.1) is 5.41 Å². The zero-order valence-corrected chi connectivity index (χ0v) is 14.3. The molecule has 0 saturated heterocycles. The standard InChI is InChI=1S/C18H22ClNO2/c1-11-9-12(19)5-6-13(11)20-15(22)18-8-7-17(4,14(21)10-18)16(18,2)3/h5-6,9H,7-8,10H2,1-4H3,(H,20,22)/t17-,18+/m0/s1. The zero-order chi connectivity index (χ0) is 16.3. The van der Waals surface area contributed by atoms with E-state index >= 15 is 0 Å². The Morgan fingerprint density at radius 3 is 2.41 bits per heavy atom. The third kappa shape index (κ3) is 1.75. The van der Waals surface area contributed by atoms with E-state index in [0.29, 0.717) is 11.4 Å². The van der Waals surface area contributed by atoms with Gasteiger partial charge in [-0.2, -0.15) is 0 Å². The third-order valence-corrected chi connectivity index (χ3v) is 6.81. The molecular weight excluding hydrogens is 298 g/mol. The number of rotatable bonds is 2. The van der Waals surface area contributed by atoms with Gasteiger partial charge in [0.15, 0.2) is 0 Å². The Morgan fingerprint density at radius 1 is 1.23 bits per heavy atom. The number of Topliss-reactive ketones (excluding diaryl/α,β-unsaturated/α-hetero) is 1. The van der Waals surface area contributed by atoms with E-state index < -0.39 is 5.41 Å². The maximum atomic E-state index is 13.0. The molecule has 1 aromatic carbocycles. The van der Waals surface area contributed by atoms with E-state index in [1.54, 1.807) is 6.07 Å². The van der Waals surface area contributed by atoms with Crippen LogP contribution in [-0.2, 0) is 9.59 Å². The number of nitrogens with one attached hydrogen (secondary N) is 1. The highest BCUT2D eigenvalue weighted by molar-refractivity contribution is 6.30. The van der Waals surface area contributed by atoms with Gasteiger partial charge in [-0.3, -0.25) is 9.59 Å². The maximum absolute atomic E-state index is 13.0. The summed E-state index contributed by atoms with van der Waals surface area (Å²) in [5, 5.41) is 3.69. The van der Waals surface area contributed by atoms with Crippen molar-refractivity contribution >= 4 is 29.0 Å². The van der Waals surface area contributed by atoms with E-state index in [1.807, 2.05) is 26.0 Å². The predicted molar refractivity (Wildman–Crippen MR) is 88.0 cm³/mol. The van der Waals surface area contributed by atoms with Gasteiger partial charge in [-0.15, -0.1) is 0 Å². The number of ketones is 1. The summed E-state index contributed by atoms with van der Waals surface area (Å²) in [6, 6.07) is 5.42. The second kappa shape index (κ2) is 4.58. The van der Waals surface area contributed by atoms with Crippen LogP contribution in [0, 0.1) is 23.2 Å². The number of benzene rings is 1. The maximum Gasteiger partial charge on any atom is 0.231 e. The van der Waals surface area contributed by atoms with Crippen LogP contribution in [0.5, 0.6) is 0 Å². The van der Waals surface area contributed by atoms with Crippen molar-refractivity contribution in [1.82, 2.24) is 0 Å². The van der Waals surface area contributed by atoms with Crippen molar-refractivity contribution in [2.24, 2.45) is 16.2 Å². The van der Waals surface area contributed by atoms with Crippen molar-refractivity contribution in [3.8, 4) is 0 Å². The first kappa shape index (κ1) is 15.5. The van der Waals surface area contributed by atoms with Crippen molar-refractivity contribution in [2.75, 3.05) is 5.32 Å². The molecule has 1 amide bonds. The molecule has 2 aliphatic carbocycles. The Bertz CT molecular complexity index is 682. The molecule has 22 heavy (non-hydrogen) atoms. The molecule has 0 spiro atoms. The number of halogens is 1. The number of carbonyl (C=O) groups is 2. The quantitative estimate of drug-likeness (QED) is 0.879. The lowest BCUT2D eigenvalue weighted by Crippen LogP contribution is -2.43. The second-order valence-corrected chi connectivity index (χ2v) is 7.99. The van der Waals surface area contributed by atoms with Crippen LogP contribution in [0.15, 0.2) is 18.2 Å². The Hall–Kier alpha value is -1.35. The summed E-state index contributed by atoms with van der Waals surface area (Å²) in [6.07, 6.45) is 1.93. The van der Waals surface area contributed by atoms with Gasteiger partial charge in [0.1, 0.15) is 5.78 Å². The highest BCUT2D eigenvalue weighted by Gasteiger charge is 2.72. The number of fused-ring (bicyclic) bond motifs is 2. The molecule has 0 unspecified atom stereocenters. The van der Waals surface area contributed by atoms with Crippen LogP contribution in [0.1, 0.15) is 45.6 Å². The lowest BCUT2D eigenvalue weighted by Gasteiger charge is -2.38. The number of anilines is 1. The van der Waals surface area contributed by atoms with Crippen molar-refractivity contribution in [3.63, 3.8) is 0 Å². The minimum Gasteiger partial charge on any atom is -0.325 e. The highest BCUT2D eigenvalue weighted by atomic mass is 35.5. The first-order chi connectivity index (χ1) is 10.1. The summed E-state index contributed by atoms with van der Waals surface area (Å²) in [4.78, 5) is 25.5. The van der Waals surface area contributed by atoms with Crippen LogP contribution < -0.4 is 5.32 Å². The fourth-order valence-electron chi connectivity index (χ4n) is 4.37. The molecule has 118 valence electrons. The summed E-state index contributed by atoms with van der Waals surface area (Å²) in [5.74, 6) is 0.198. The largest absolute Gasteiger partial charge is 0.325 e. The molecule has 0 aliphatic heterocycles. The lowest BCUT2D eigenvalue weighted by atomic mass is 9.64. The SMILES string of the molecule is Cc1cc(Cl)ccc1NC(=O)[C@@]12CC[C@@](C)(C(=O)C1)C2(C)C. The van der Waals surface area contributed by atoms with Gasteiger partial charge < -0.3 is 5.32 Å². The summed E-state index contributed by atoms with van der Waals surface area (Å²) >= 11 is 5.97. The van der Waals surface area contributed by atoms with Crippen molar-refractivity contribution in [2.45, 2.75) is 47.0 Å². The lowest BCUT2D eigenvalue weighted by molar-refractivity contribution is -0.131. The van der Waals surface area contributed by atoms with E-state index in [9.17, 15) is 9.59 Å². The first-order valence-corrected chi connectivity index (χ1v) is 8.13. The normalized spacial score (nSPS) is 32.3. The zero-order valence-electron chi connectivity index (χ0n) is 13.5. The fraction of sp³-hybridized carbons (Fsp3) is 0.556. The minimum absolute atomic E-state index is 0.0301. The van der Waals surface area contributed by atoms with E-state index in [4.69, 9.17) is 11.6 Å². The molecule has 4 heteroatoms. The van der Waals surface area contributed by atoms with Crippen LogP contribution in [0.2, 0.25) is 5.02 Å². The molecule has 3 rings (SSSR count). The molecule has 2 atom stereocenters. The molecule has 0 radical (unpaired) electrons. The second-order valence-electron chi connectivity index (χ2n) is 7.55. The van der Waals surface area contributed by atoms with Crippen LogP contribution in [0.25, 0.3) is 0 Å². The topological polar surface area (TPSA) is 46.2 Å². The van der Waals surface area contributed by atoms with E-state index in [2.05, 4.69) is 19.2 Å². The molecule has 2 aliphatic rings. The molecule has 2 fully saturated rings. The van der Waals surface area contributed by atoms with E-state index in [0.717, 1.165) is 24.1 Å². The van der Waals surface area contributed by atoms with Crippen LogP contribution in [0.4, 0.5) is 5.69 Å². The molecule has 2 saturated carbocycles. The van der Waals surface area contributed by atoms with Gasteiger partial charge in [-0.25, -0.2) is 0 Å². The smallest absolute Gasteiger partial charge is 0.231 e. The fourth-order valence-corrected chi connectivity index (χ4v) is 4.60. The molecule has 1 N–H and O–H groups in total. The summed E-state index contributed by atoms with van der Waals surface area (Å²) in [5.41, 5.74) is 0.416. The molecule has 1 aromatic rings. The van der Waals surface area contributed by atoms with E-state index in [1.165, 1.54) is 0 Å². The average Bonchev–Trinajstić information content (AvgIpc) is 2.72. The summed E-state index contributed by atoms with van der Waals surface area (Å²) in [7, 11) is 0. The monoisotopic (exact) mass is 319 g/mol. The molecule has 0 aromatic heterocycles. The number of amides is 1. The van der Waals surface area contributed by atoms with Gasteiger partial charge in [0, 0.05) is 22.5 Å². The van der Waals surface area contributed by atoms with Crippen LogP contribution in [0.3, 0.4) is 0 Å². The highest BCUT2D eigenvalue weighted by Crippen LogP contribution is 2.70. The third-order valence-electron chi connectivity index (χ3n) is 6.58. The number of carbonyl (C=O) groups excluding carboxylic acids is 2. The molecule has 0 heterocycles. The van der Waals surface area contributed by atoms with Gasteiger partial charge in [0.2, 0.25) is 5.91 Å². The first-order valence-electron chi connectivity index (χ1n) is 7.75.